The van der Waals surface area contributed by atoms with Crippen LogP contribution >= 0.6 is 0 Å². The minimum atomic E-state index is -0.664. The quantitative estimate of drug-likeness (QED) is 0.604. The van der Waals surface area contributed by atoms with E-state index in [2.05, 4.69) is 9.47 Å². The molecule has 0 saturated carbocycles. The molecule has 1 aromatic carbocycles. The van der Waals surface area contributed by atoms with Crippen LogP contribution in [-0.4, -0.2) is 26.2 Å². The summed E-state index contributed by atoms with van der Waals surface area (Å²) in [5.41, 5.74) is 1.10. The van der Waals surface area contributed by atoms with Crippen LogP contribution < -0.4 is 0 Å². The summed E-state index contributed by atoms with van der Waals surface area (Å²) in [6.07, 6.45) is 1.63. The summed E-state index contributed by atoms with van der Waals surface area (Å²) < 4.78 is 9.32. The van der Waals surface area contributed by atoms with E-state index in [-0.39, 0.29) is 5.57 Å². The van der Waals surface area contributed by atoms with E-state index in [4.69, 9.17) is 0 Å². The Hall–Kier alpha value is -2.10. The highest BCUT2D eigenvalue weighted by Gasteiger charge is 2.24. The van der Waals surface area contributed by atoms with Crippen molar-refractivity contribution < 1.29 is 19.1 Å². The molecule has 1 unspecified atom stereocenters. The summed E-state index contributed by atoms with van der Waals surface area (Å²) in [5, 5.41) is 0. The molecule has 0 N–H and O–H groups in total. The Morgan fingerprint density at radius 1 is 1.11 bits per heavy atom. The van der Waals surface area contributed by atoms with Gasteiger partial charge in [0.1, 0.15) is 0 Å². The van der Waals surface area contributed by atoms with Crippen molar-refractivity contribution in [2.24, 2.45) is 5.92 Å². The number of rotatable bonds is 4. The monoisotopic (exact) mass is 248 g/mol. The number of hydrogen-bond donors (Lipinski definition) is 0. The highest BCUT2D eigenvalue weighted by Crippen LogP contribution is 2.18. The van der Waals surface area contributed by atoms with Crippen molar-refractivity contribution in [1.82, 2.24) is 0 Å². The fourth-order valence-corrected chi connectivity index (χ4v) is 1.51. The molecular formula is C14H16O4. The Balaban J connectivity index is 3.10. The van der Waals surface area contributed by atoms with Gasteiger partial charge in [0.2, 0.25) is 0 Å². The van der Waals surface area contributed by atoms with E-state index < -0.39 is 17.9 Å². The molecule has 4 heteroatoms. The van der Waals surface area contributed by atoms with Crippen LogP contribution in [0, 0.1) is 5.92 Å². The average Bonchev–Trinajstić information content (AvgIpc) is 2.43. The van der Waals surface area contributed by atoms with Crippen LogP contribution in [-0.2, 0) is 19.1 Å². The molecule has 1 atom stereocenters. The second-order valence-electron chi connectivity index (χ2n) is 3.75. The van der Waals surface area contributed by atoms with Crippen molar-refractivity contribution >= 4 is 18.0 Å². The number of methoxy groups -OCH3 is 2. The topological polar surface area (TPSA) is 52.6 Å². The molecule has 0 aliphatic rings. The Morgan fingerprint density at radius 2 is 1.72 bits per heavy atom. The first-order valence-electron chi connectivity index (χ1n) is 5.53. The Bertz CT molecular complexity index is 448. The van der Waals surface area contributed by atoms with Crippen LogP contribution in [0.3, 0.4) is 0 Å². The fourth-order valence-electron chi connectivity index (χ4n) is 1.51. The predicted molar refractivity (Wildman–Crippen MR) is 67.6 cm³/mol. The number of esters is 2. The van der Waals surface area contributed by atoms with E-state index in [9.17, 15) is 9.59 Å². The van der Waals surface area contributed by atoms with E-state index in [0.29, 0.717) is 0 Å². The second kappa shape index (κ2) is 6.59. The van der Waals surface area contributed by atoms with Gasteiger partial charge in [0.15, 0.2) is 0 Å². The van der Waals surface area contributed by atoms with Crippen molar-refractivity contribution in [1.29, 1.82) is 0 Å². The predicted octanol–water partition coefficient (Wildman–Crippen LogP) is 2.05. The number of hydrogen-bond acceptors (Lipinski definition) is 4. The van der Waals surface area contributed by atoms with Gasteiger partial charge in [-0.1, -0.05) is 30.3 Å². The summed E-state index contributed by atoms with van der Waals surface area (Å²) in [6.45, 7) is 1.61. The summed E-state index contributed by atoms with van der Waals surface area (Å²) in [4.78, 5) is 23.2. The maximum atomic E-state index is 11.7. The van der Waals surface area contributed by atoms with Crippen molar-refractivity contribution in [3.05, 3.63) is 41.5 Å². The zero-order valence-electron chi connectivity index (χ0n) is 10.7. The van der Waals surface area contributed by atoms with Crippen molar-refractivity contribution in [2.45, 2.75) is 6.92 Å². The van der Waals surface area contributed by atoms with Gasteiger partial charge in [-0.2, -0.15) is 0 Å². The Morgan fingerprint density at radius 3 is 2.22 bits per heavy atom. The number of ether oxygens (including phenoxy) is 2. The van der Waals surface area contributed by atoms with E-state index in [1.54, 1.807) is 13.0 Å². The SMILES string of the molecule is COC(=O)/C(=C/c1ccccc1)C(C)C(=O)OC. The number of benzene rings is 1. The summed E-state index contributed by atoms with van der Waals surface area (Å²) >= 11 is 0. The van der Waals surface area contributed by atoms with Gasteiger partial charge in [-0.25, -0.2) is 4.79 Å². The average molecular weight is 248 g/mol. The Labute approximate surface area is 106 Å². The van der Waals surface area contributed by atoms with Gasteiger partial charge in [-0.3, -0.25) is 4.79 Å². The van der Waals surface area contributed by atoms with E-state index in [1.807, 2.05) is 30.3 Å². The summed E-state index contributed by atoms with van der Waals surface area (Å²) in [5.74, 6) is -1.66. The normalized spacial score (nSPS) is 12.7. The molecule has 0 aliphatic heterocycles. The van der Waals surface area contributed by atoms with Gasteiger partial charge in [0, 0.05) is 0 Å². The van der Waals surface area contributed by atoms with E-state index in [1.165, 1.54) is 14.2 Å². The summed E-state index contributed by atoms with van der Waals surface area (Å²) in [7, 11) is 2.57. The minimum absolute atomic E-state index is 0.274. The molecule has 4 nitrogen and oxygen atoms in total. The van der Waals surface area contributed by atoms with Gasteiger partial charge in [0.25, 0.3) is 0 Å². The third-order valence-corrected chi connectivity index (χ3v) is 2.56. The van der Waals surface area contributed by atoms with E-state index >= 15 is 0 Å². The molecule has 0 saturated heterocycles. The van der Waals surface area contributed by atoms with Crippen molar-refractivity contribution in [2.75, 3.05) is 14.2 Å². The minimum Gasteiger partial charge on any atom is -0.469 e. The third-order valence-electron chi connectivity index (χ3n) is 2.56. The lowest BCUT2D eigenvalue weighted by atomic mass is 9.98. The van der Waals surface area contributed by atoms with Gasteiger partial charge in [-0.05, 0) is 18.6 Å². The van der Waals surface area contributed by atoms with Gasteiger partial charge < -0.3 is 9.47 Å². The molecule has 0 aromatic heterocycles. The summed E-state index contributed by atoms with van der Waals surface area (Å²) in [6, 6.07) is 9.26. The third kappa shape index (κ3) is 3.45. The van der Waals surface area contributed by atoms with Gasteiger partial charge in [0.05, 0.1) is 25.7 Å². The largest absolute Gasteiger partial charge is 0.469 e. The lowest BCUT2D eigenvalue weighted by Crippen LogP contribution is -2.21. The zero-order valence-corrected chi connectivity index (χ0v) is 10.7. The van der Waals surface area contributed by atoms with Crippen LogP contribution in [0.25, 0.3) is 6.08 Å². The van der Waals surface area contributed by atoms with Gasteiger partial charge in [-0.15, -0.1) is 0 Å². The van der Waals surface area contributed by atoms with Crippen molar-refractivity contribution in [3.8, 4) is 0 Å². The number of carbonyl (C=O) groups excluding carboxylic acids is 2. The molecule has 0 aliphatic carbocycles. The first-order chi connectivity index (χ1) is 8.60. The second-order valence-corrected chi connectivity index (χ2v) is 3.75. The molecule has 0 spiro atoms. The van der Waals surface area contributed by atoms with Crippen molar-refractivity contribution in [3.63, 3.8) is 0 Å². The first kappa shape index (κ1) is 14.0. The molecule has 0 amide bonds. The maximum Gasteiger partial charge on any atom is 0.334 e. The molecule has 96 valence electrons. The van der Waals surface area contributed by atoms with Crippen LogP contribution in [0.5, 0.6) is 0 Å². The molecule has 18 heavy (non-hydrogen) atoms. The Kier molecular flexibility index (Phi) is 5.11. The molecule has 1 rings (SSSR count). The first-order valence-corrected chi connectivity index (χ1v) is 5.53. The molecule has 1 aromatic rings. The molecule has 0 heterocycles. The number of carbonyl (C=O) groups is 2. The molecule has 0 radical (unpaired) electrons. The lowest BCUT2D eigenvalue weighted by molar-refractivity contribution is -0.146. The molecule has 0 fully saturated rings. The van der Waals surface area contributed by atoms with Crippen LogP contribution in [0.2, 0.25) is 0 Å². The maximum absolute atomic E-state index is 11.7. The van der Waals surface area contributed by atoms with Crippen LogP contribution in [0.1, 0.15) is 12.5 Å². The highest BCUT2D eigenvalue weighted by molar-refractivity contribution is 5.99. The standard InChI is InChI=1S/C14H16O4/c1-10(13(15)17-2)12(14(16)18-3)9-11-7-5-4-6-8-11/h4-10H,1-3H3/b12-9+. The smallest absolute Gasteiger partial charge is 0.334 e. The van der Waals surface area contributed by atoms with Crippen LogP contribution in [0.4, 0.5) is 0 Å². The van der Waals surface area contributed by atoms with E-state index in [0.717, 1.165) is 5.56 Å². The van der Waals surface area contributed by atoms with Gasteiger partial charge >= 0.3 is 11.9 Å². The molecule has 0 bridgehead atoms. The molecular weight excluding hydrogens is 232 g/mol. The lowest BCUT2D eigenvalue weighted by Gasteiger charge is -2.12. The zero-order chi connectivity index (χ0) is 13.5. The van der Waals surface area contributed by atoms with Crippen LogP contribution in [0.15, 0.2) is 35.9 Å². The fraction of sp³-hybridized carbons (Fsp3) is 0.286. The highest BCUT2D eigenvalue weighted by atomic mass is 16.5.